The molecule has 0 bridgehead atoms. The number of hydrogen-bond acceptors (Lipinski definition) is 2. The summed E-state index contributed by atoms with van der Waals surface area (Å²) in [6.07, 6.45) is 4.14. The molecule has 1 rings (SSSR count). The van der Waals surface area contributed by atoms with Crippen LogP contribution in [0.3, 0.4) is 0 Å². The molecule has 0 aliphatic carbocycles. The van der Waals surface area contributed by atoms with Crippen LogP contribution in [0.25, 0.3) is 0 Å². The lowest BCUT2D eigenvalue weighted by molar-refractivity contribution is 0.316. The fraction of sp³-hybridized carbons (Fsp3) is 0.556. The van der Waals surface area contributed by atoms with Crippen molar-refractivity contribution in [1.29, 1.82) is 0 Å². The maximum Gasteiger partial charge on any atom is 0.119 e. The summed E-state index contributed by atoms with van der Waals surface area (Å²) in [5.41, 5.74) is 1.30. The molecule has 0 fully saturated rings. The molecule has 0 aliphatic heterocycles. The van der Waals surface area contributed by atoms with Crippen LogP contribution in [0.2, 0.25) is 0 Å². The minimum atomic E-state index is 0.362. The monoisotopic (exact) mass is 273 g/mol. The minimum absolute atomic E-state index is 0.362. The van der Waals surface area contributed by atoms with E-state index in [2.05, 4.69) is 49.2 Å². The van der Waals surface area contributed by atoms with E-state index >= 15 is 0 Å². The highest BCUT2D eigenvalue weighted by Gasteiger charge is 2.10. The van der Waals surface area contributed by atoms with Crippen molar-refractivity contribution in [2.45, 2.75) is 52.5 Å². The van der Waals surface area contributed by atoms with Crippen molar-refractivity contribution in [3.63, 3.8) is 0 Å². The van der Waals surface area contributed by atoms with Gasteiger partial charge in [0.25, 0.3) is 0 Å². The summed E-state index contributed by atoms with van der Waals surface area (Å²) in [5, 5.41) is 3.60. The van der Waals surface area contributed by atoms with Crippen LogP contribution < -0.4 is 10.1 Å². The molecule has 0 amide bonds. The first-order chi connectivity index (χ1) is 9.81. The lowest BCUT2D eigenvalue weighted by atomic mass is 10.0. The van der Waals surface area contributed by atoms with Crippen LogP contribution >= 0.6 is 0 Å². The Morgan fingerprint density at radius 2 is 2.10 bits per heavy atom. The maximum atomic E-state index is 5.72. The molecule has 1 atom stereocenters. The van der Waals surface area contributed by atoms with E-state index in [0.29, 0.717) is 6.04 Å². The average Bonchev–Trinajstić information content (AvgIpc) is 2.49. The standard InChI is InChI=1S/C18H27NO/c1-4-7-8-12-18(19-13-5-2)16-10-9-11-17(15-16)20-14-6-3/h9-11,15,18-19H,5-6,8,12-14H2,1-3H3. The molecule has 0 saturated heterocycles. The Balaban J connectivity index is 2.73. The van der Waals surface area contributed by atoms with Gasteiger partial charge in [0, 0.05) is 12.5 Å². The van der Waals surface area contributed by atoms with Gasteiger partial charge in [-0.25, -0.2) is 0 Å². The number of ether oxygens (including phenoxy) is 1. The van der Waals surface area contributed by atoms with E-state index in [1.807, 2.05) is 13.0 Å². The van der Waals surface area contributed by atoms with Crippen LogP contribution in [-0.4, -0.2) is 13.2 Å². The smallest absolute Gasteiger partial charge is 0.119 e. The van der Waals surface area contributed by atoms with Gasteiger partial charge in [-0.3, -0.25) is 0 Å². The molecule has 20 heavy (non-hydrogen) atoms. The minimum Gasteiger partial charge on any atom is -0.494 e. The highest BCUT2D eigenvalue weighted by molar-refractivity contribution is 5.30. The van der Waals surface area contributed by atoms with Crippen LogP contribution in [-0.2, 0) is 0 Å². The molecular weight excluding hydrogens is 246 g/mol. The van der Waals surface area contributed by atoms with E-state index in [0.717, 1.165) is 44.6 Å². The van der Waals surface area contributed by atoms with Gasteiger partial charge in [-0.15, -0.1) is 11.8 Å². The van der Waals surface area contributed by atoms with Crippen LogP contribution in [0.4, 0.5) is 0 Å². The number of hydrogen-bond donors (Lipinski definition) is 1. The first-order valence-electron chi connectivity index (χ1n) is 7.67. The van der Waals surface area contributed by atoms with Gasteiger partial charge in [0.1, 0.15) is 5.75 Å². The second kappa shape index (κ2) is 10.3. The molecule has 0 spiro atoms. The Labute approximate surface area is 123 Å². The van der Waals surface area contributed by atoms with Crippen molar-refractivity contribution >= 4 is 0 Å². The molecule has 1 unspecified atom stereocenters. The summed E-state index contributed by atoms with van der Waals surface area (Å²) in [6.45, 7) is 8.02. The van der Waals surface area contributed by atoms with Gasteiger partial charge in [0.05, 0.1) is 6.61 Å². The van der Waals surface area contributed by atoms with E-state index in [1.54, 1.807) is 0 Å². The molecule has 0 saturated carbocycles. The first kappa shape index (κ1) is 16.6. The molecule has 1 N–H and O–H groups in total. The highest BCUT2D eigenvalue weighted by atomic mass is 16.5. The molecular formula is C18H27NO. The molecule has 2 nitrogen and oxygen atoms in total. The van der Waals surface area contributed by atoms with Gasteiger partial charge in [-0.05, 0) is 50.4 Å². The maximum absolute atomic E-state index is 5.72. The van der Waals surface area contributed by atoms with Crippen LogP contribution in [0.5, 0.6) is 5.75 Å². The Morgan fingerprint density at radius 3 is 2.80 bits per heavy atom. The lowest BCUT2D eigenvalue weighted by Crippen LogP contribution is -2.22. The van der Waals surface area contributed by atoms with Crippen LogP contribution in [0.15, 0.2) is 24.3 Å². The van der Waals surface area contributed by atoms with Crippen LogP contribution in [0.1, 0.15) is 58.1 Å². The van der Waals surface area contributed by atoms with Gasteiger partial charge >= 0.3 is 0 Å². The van der Waals surface area contributed by atoms with Gasteiger partial charge in [-0.1, -0.05) is 26.0 Å². The fourth-order valence-electron chi connectivity index (χ4n) is 2.09. The summed E-state index contributed by atoms with van der Waals surface area (Å²) in [5.74, 6) is 7.09. The van der Waals surface area contributed by atoms with Gasteiger partial charge in [0.2, 0.25) is 0 Å². The summed E-state index contributed by atoms with van der Waals surface area (Å²) in [7, 11) is 0. The van der Waals surface area contributed by atoms with E-state index in [-0.39, 0.29) is 0 Å². The second-order valence-corrected chi connectivity index (χ2v) is 4.89. The second-order valence-electron chi connectivity index (χ2n) is 4.89. The summed E-state index contributed by atoms with van der Waals surface area (Å²) in [6, 6.07) is 8.79. The third-order valence-corrected chi connectivity index (χ3v) is 3.11. The molecule has 0 aliphatic rings. The topological polar surface area (TPSA) is 21.3 Å². The van der Waals surface area contributed by atoms with E-state index in [9.17, 15) is 0 Å². The summed E-state index contributed by atoms with van der Waals surface area (Å²) >= 11 is 0. The van der Waals surface area contributed by atoms with E-state index < -0.39 is 0 Å². The average molecular weight is 273 g/mol. The third-order valence-electron chi connectivity index (χ3n) is 3.11. The summed E-state index contributed by atoms with van der Waals surface area (Å²) in [4.78, 5) is 0. The van der Waals surface area contributed by atoms with Gasteiger partial charge in [0.15, 0.2) is 0 Å². The normalized spacial score (nSPS) is 11.6. The molecule has 0 aromatic heterocycles. The molecule has 0 heterocycles. The predicted octanol–water partition coefficient (Wildman–Crippen LogP) is 4.32. The molecule has 1 aromatic rings. The van der Waals surface area contributed by atoms with E-state index in [4.69, 9.17) is 4.74 Å². The molecule has 1 aromatic carbocycles. The third kappa shape index (κ3) is 6.12. The molecule has 110 valence electrons. The Kier molecular flexibility index (Phi) is 8.58. The number of rotatable bonds is 9. The van der Waals surface area contributed by atoms with Crippen molar-refractivity contribution in [2.75, 3.05) is 13.2 Å². The Hall–Kier alpha value is -1.46. The van der Waals surface area contributed by atoms with Crippen molar-refractivity contribution in [1.82, 2.24) is 5.32 Å². The lowest BCUT2D eigenvalue weighted by Gasteiger charge is -2.19. The number of benzene rings is 1. The quantitative estimate of drug-likeness (QED) is 0.677. The van der Waals surface area contributed by atoms with Gasteiger partial charge in [-0.2, -0.15) is 0 Å². The van der Waals surface area contributed by atoms with Crippen LogP contribution in [0, 0.1) is 11.8 Å². The molecule has 0 radical (unpaired) electrons. The SMILES string of the molecule is CC#CCCC(NCCC)c1cccc(OCCC)c1. The van der Waals surface area contributed by atoms with Crippen molar-refractivity contribution in [3.05, 3.63) is 29.8 Å². The van der Waals surface area contributed by atoms with E-state index in [1.165, 1.54) is 5.56 Å². The summed E-state index contributed by atoms with van der Waals surface area (Å²) < 4.78 is 5.72. The fourth-order valence-corrected chi connectivity index (χ4v) is 2.09. The van der Waals surface area contributed by atoms with Gasteiger partial charge < -0.3 is 10.1 Å². The van der Waals surface area contributed by atoms with Crippen molar-refractivity contribution < 1.29 is 4.74 Å². The van der Waals surface area contributed by atoms with Crippen molar-refractivity contribution in [3.8, 4) is 17.6 Å². The zero-order valence-electron chi connectivity index (χ0n) is 13.0. The Bertz CT molecular complexity index is 431. The zero-order chi connectivity index (χ0) is 14.6. The first-order valence-corrected chi connectivity index (χ1v) is 7.67. The van der Waals surface area contributed by atoms with Crippen molar-refractivity contribution in [2.24, 2.45) is 0 Å². The number of nitrogens with one attached hydrogen (secondary N) is 1. The highest BCUT2D eigenvalue weighted by Crippen LogP contribution is 2.23. The largest absolute Gasteiger partial charge is 0.494 e. The Morgan fingerprint density at radius 1 is 1.25 bits per heavy atom. The predicted molar refractivity (Wildman–Crippen MR) is 85.9 cm³/mol. The molecule has 2 heteroatoms. The zero-order valence-corrected chi connectivity index (χ0v) is 13.0.